The number of nitrogens with zero attached hydrogens (tertiary/aromatic N) is 2. The molecular formula is C16H19N3O2. The third-order valence-electron chi connectivity index (χ3n) is 3.91. The summed E-state index contributed by atoms with van der Waals surface area (Å²) in [6.07, 6.45) is 3.95. The Morgan fingerprint density at radius 3 is 3.24 bits per heavy atom. The third kappa shape index (κ3) is 3.07. The van der Waals surface area contributed by atoms with Crippen molar-refractivity contribution in [1.29, 1.82) is 0 Å². The summed E-state index contributed by atoms with van der Waals surface area (Å²) in [5, 5.41) is 7.02. The molecular weight excluding hydrogens is 266 g/mol. The standard InChI is InChI=1S/C16H19N3O2/c1-21-14-4-2-3-12(9-14)5-6-16(20)19-8-7-15-13(11-19)10-17-18-15/h2-4,9-10H,5-8,11H2,1H3,(H,17,18). The van der Waals surface area contributed by atoms with Crippen molar-refractivity contribution in [3.63, 3.8) is 0 Å². The Morgan fingerprint density at radius 1 is 1.48 bits per heavy atom. The molecule has 1 aromatic heterocycles. The lowest BCUT2D eigenvalue weighted by Gasteiger charge is -2.26. The zero-order chi connectivity index (χ0) is 14.7. The molecule has 0 bridgehead atoms. The number of nitrogens with one attached hydrogen (secondary N) is 1. The van der Waals surface area contributed by atoms with E-state index in [1.807, 2.05) is 35.4 Å². The van der Waals surface area contributed by atoms with Crippen LogP contribution in [0.1, 0.15) is 23.2 Å². The molecule has 0 spiro atoms. The van der Waals surface area contributed by atoms with Gasteiger partial charge in [-0.05, 0) is 24.1 Å². The van der Waals surface area contributed by atoms with Gasteiger partial charge in [0.05, 0.1) is 13.3 Å². The number of aromatic nitrogens is 2. The SMILES string of the molecule is COc1cccc(CCC(=O)N2CCc3[nH]ncc3C2)c1. The van der Waals surface area contributed by atoms with Gasteiger partial charge >= 0.3 is 0 Å². The average molecular weight is 285 g/mol. The lowest BCUT2D eigenvalue weighted by atomic mass is 10.1. The smallest absolute Gasteiger partial charge is 0.223 e. The fraction of sp³-hybridized carbons (Fsp3) is 0.375. The fourth-order valence-corrected chi connectivity index (χ4v) is 2.67. The van der Waals surface area contributed by atoms with Gasteiger partial charge in [0.15, 0.2) is 0 Å². The number of hydrogen-bond acceptors (Lipinski definition) is 3. The molecule has 21 heavy (non-hydrogen) atoms. The second-order valence-electron chi connectivity index (χ2n) is 5.29. The van der Waals surface area contributed by atoms with E-state index in [2.05, 4.69) is 10.2 Å². The maximum absolute atomic E-state index is 12.3. The van der Waals surface area contributed by atoms with Gasteiger partial charge < -0.3 is 9.64 Å². The van der Waals surface area contributed by atoms with Gasteiger partial charge in [-0.1, -0.05) is 12.1 Å². The number of fused-ring (bicyclic) bond motifs is 1. The van der Waals surface area contributed by atoms with Crippen LogP contribution >= 0.6 is 0 Å². The average Bonchev–Trinajstić information content (AvgIpc) is 3.00. The van der Waals surface area contributed by atoms with E-state index in [9.17, 15) is 4.79 Å². The van der Waals surface area contributed by atoms with Crippen molar-refractivity contribution in [3.8, 4) is 5.75 Å². The summed E-state index contributed by atoms with van der Waals surface area (Å²) in [6, 6.07) is 7.88. The first-order chi connectivity index (χ1) is 10.3. The van der Waals surface area contributed by atoms with Crippen LogP contribution < -0.4 is 4.74 Å². The molecule has 5 nitrogen and oxygen atoms in total. The summed E-state index contributed by atoms with van der Waals surface area (Å²) < 4.78 is 5.20. The van der Waals surface area contributed by atoms with Crippen LogP contribution in [0.2, 0.25) is 0 Å². The predicted octanol–water partition coefficient (Wildman–Crippen LogP) is 1.94. The van der Waals surface area contributed by atoms with Crippen LogP contribution in [-0.4, -0.2) is 34.7 Å². The zero-order valence-corrected chi connectivity index (χ0v) is 12.1. The molecule has 0 atom stereocenters. The molecule has 1 aromatic carbocycles. The molecule has 0 aliphatic carbocycles. The van der Waals surface area contributed by atoms with Crippen LogP contribution in [0.25, 0.3) is 0 Å². The van der Waals surface area contributed by atoms with Crippen LogP contribution in [0.5, 0.6) is 5.75 Å². The minimum absolute atomic E-state index is 0.199. The number of benzene rings is 1. The number of aromatic amines is 1. The van der Waals surface area contributed by atoms with Gasteiger partial charge in [0, 0.05) is 37.2 Å². The molecule has 0 saturated heterocycles. The number of H-pyrrole nitrogens is 1. The maximum Gasteiger partial charge on any atom is 0.223 e. The number of hydrogen-bond donors (Lipinski definition) is 1. The second-order valence-corrected chi connectivity index (χ2v) is 5.29. The molecule has 0 unspecified atom stereocenters. The molecule has 0 fully saturated rings. The second kappa shape index (κ2) is 5.99. The van der Waals surface area contributed by atoms with Crippen molar-refractivity contribution >= 4 is 5.91 Å². The van der Waals surface area contributed by atoms with Gasteiger partial charge in [0.1, 0.15) is 5.75 Å². The van der Waals surface area contributed by atoms with Gasteiger partial charge in [0.25, 0.3) is 0 Å². The monoisotopic (exact) mass is 285 g/mol. The van der Waals surface area contributed by atoms with Crippen molar-refractivity contribution in [2.75, 3.05) is 13.7 Å². The van der Waals surface area contributed by atoms with E-state index in [1.54, 1.807) is 7.11 Å². The molecule has 1 aliphatic heterocycles. The highest BCUT2D eigenvalue weighted by Crippen LogP contribution is 2.18. The molecule has 5 heteroatoms. The van der Waals surface area contributed by atoms with E-state index < -0.39 is 0 Å². The van der Waals surface area contributed by atoms with Crippen molar-refractivity contribution in [3.05, 3.63) is 47.3 Å². The normalized spacial score (nSPS) is 13.9. The number of amides is 1. The quantitative estimate of drug-likeness (QED) is 0.934. The van der Waals surface area contributed by atoms with E-state index in [0.29, 0.717) is 13.0 Å². The molecule has 1 aliphatic rings. The van der Waals surface area contributed by atoms with Gasteiger partial charge in [-0.2, -0.15) is 5.10 Å². The van der Waals surface area contributed by atoms with E-state index in [-0.39, 0.29) is 5.91 Å². The highest BCUT2D eigenvalue weighted by molar-refractivity contribution is 5.76. The van der Waals surface area contributed by atoms with Crippen LogP contribution in [-0.2, 0) is 24.2 Å². The number of rotatable bonds is 4. The fourth-order valence-electron chi connectivity index (χ4n) is 2.67. The number of carbonyl (C=O) groups is 1. The van der Waals surface area contributed by atoms with Gasteiger partial charge in [-0.25, -0.2) is 0 Å². The predicted molar refractivity (Wildman–Crippen MR) is 79.0 cm³/mol. The van der Waals surface area contributed by atoms with Gasteiger partial charge in [-0.15, -0.1) is 0 Å². The molecule has 2 heterocycles. The van der Waals surface area contributed by atoms with Crippen LogP contribution in [0.4, 0.5) is 0 Å². The topological polar surface area (TPSA) is 58.2 Å². The zero-order valence-electron chi connectivity index (χ0n) is 12.1. The lowest BCUT2D eigenvalue weighted by molar-refractivity contribution is -0.132. The first kappa shape index (κ1) is 13.7. The molecule has 2 aromatic rings. The molecule has 0 radical (unpaired) electrons. The lowest BCUT2D eigenvalue weighted by Crippen LogP contribution is -2.35. The Labute approximate surface area is 123 Å². The summed E-state index contributed by atoms with van der Waals surface area (Å²) in [5.74, 6) is 1.03. The molecule has 110 valence electrons. The highest BCUT2D eigenvalue weighted by atomic mass is 16.5. The molecule has 0 saturated carbocycles. The van der Waals surface area contributed by atoms with E-state index in [4.69, 9.17) is 4.74 Å². The van der Waals surface area contributed by atoms with Crippen molar-refractivity contribution in [1.82, 2.24) is 15.1 Å². The van der Waals surface area contributed by atoms with Crippen LogP contribution in [0.3, 0.4) is 0 Å². The molecule has 1 amide bonds. The summed E-state index contributed by atoms with van der Waals surface area (Å²) >= 11 is 0. The van der Waals surface area contributed by atoms with E-state index >= 15 is 0 Å². The molecule has 3 rings (SSSR count). The Kier molecular flexibility index (Phi) is 3.90. The van der Waals surface area contributed by atoms with Crippen molar-refractivity contribution in [2.24, 2.45) is 0 Å². The van der Waals surface area contributed by atoms with E-state index in [1.165, 1.54) is 0 Å². The molecule has 1 N–H and O–H groups in total. The number of methoxy groups -OCH3 is 1. The summed E-state index contributed by atoms with van der Waals surface area (Å²) in [5.41, 5.74) is 3.42. The Hall–Kier alpha value is -2.30. The largest absolute Gasteiger partial charge is 0.497 e. The summed E-state index contributed by atoms with van der Waals surface area (Å²) in [7, 11) is 1.65. The Morgan fingerprint density at radius 2 is 2.38 bits per heavy atom. The number of carbonyl (C=O) groups excluding carboxylic acids is 1. The number of ether oxygens (including phenoxy) is 1. The van der Waals surface area contributed by atoms with Gasteiger partial charge in [0.2, 0.25) is 5.91 Å². The first-order valence-electron chi connectivity index (χ1n) is 7.18. The summed E-state index contributed by atoms with van der Waals surface area (Å²) in [4.78, 5) is 14.2. The first-order valence-corrected chi connectivity index (χ1v) is 7.18. The minimum Gasteiger partial charge on any atom is -0.497 e. The Bertz CT molecular complexity index is 636. The number of aryl methyl sites for hydroxylation is 1. The van der Waals surface area contributed by atoms with E-state index in [0.717, 1.165) is 42.0 Å². The summed E-state index contributed by atoms with van der Waals surface area (Å²) in [6.45, 7) is 1.44. The van der Waals surface area contributed by atoms with Crippen LogP contribution in [0, 0.1) is 0 Å². The Balaban J connectivity index is 1.57. The maximum atomic E-state index is 12.3. The third-order valence-corrected chi connectivity index (χ3v) is 3.91. The van der Waals surface area contributed by atoms with Crippen molar-refractivity contribution in [2.45, 2.75) is 25.8 Å². The minimum atomic E-state index is 0.199. The van der Waals surface area contributed by atoms with Gasteiger partial charge in [-0.3, -0.25) is 9.89 Å². The van der Waals surface area contributed by atoms with Crippen LogP contribution in [0.15, 0.2) is 30.5 Å². The highest BCUT2D eigenvalue weighted by Gasteiger charge is 2.21. The van der Waals surface area contributed by atoms with Crippen molar-refractivity contribution < 1.29 is 9.53 Å².